The van der Waals surface area contributed by atoms with Gasteiger partial charge in [0.1, 0.15) is 24.3 Å². The summed E-state index contributed by atoms with van der Waals surface area (Å²) in [5, 5.41) is 9.30. The molecule has 4 aromatic rings. The molecule has 1 N–H and O–H groups in total. The summed E-state index contributed by atoms with van der Waals surface area (Å²) in [5.74, 6) is -1.62. The van der Waals surface area contributed by atoms with Crippen LogP contribution in [0.25, 0.3) is 11.1 Å². The van der Waals surface area contributed by atoms with E-state index in [0.29, 0.717) is 25.0 Å². The van der Waals surface area contributed by atoms with Crippen molar-refractivity contribution >= 4 is 17.8 Å². The van der Waals surface area contributed by atoms with Gasteiger partial charge >= 0.3 is 6.09 Å². The normalized spacial score (nSPS) is 15.5. The summed E-state index contributed by atoms with van der Waals surface area (Å²) in [6.07, 6.45) is 1.15. The summed E-state index contributed by atoms with van der Waals surface area (Å²) in [6.45, 7) is 2.08. The number of furan rings is 1. The van der Waals surface area contributed by atoms with Gasteiger partial charge in [0, 0.05) is 18.6 Å². The Morgan fingerprint density at radius 3 is 2.39 bits per heavy atom. The van der Waals surface area contributed by atoms with Crippen molar-refractivity contribution in [3.8, 4) is 11.1 Å². The first-order valence-electron chi connectivity index (χ1n) is 13.9. The highest BCUT2D eigenvalue weighted by molar-refractivity contribution is 6.12. The molecule has 0 saturated carbocycles. The zero-order chi connectivity index (χ0) is 28.8. The fraction of sp³-hybridized carbons (Fsp3) is 0.265. The quantitative estimate of drug-likeness (QED) is 0.133. The lowest BCUT2D eigenvalue weighted by atomic mass is 9.91. The number of aliphatic hydroxyl groups is 1. The minimum atomic E-state index is -1.20. The molecule has 1 aromatic heterocycles. The smallest absolute Gasteiger partial charge is 0.417 e. The first kappa shape index (κ1) is 28.1. The van der Waals surface area contributed by atoms with Crippen molar-refractivity contribution in [3.05, 3.63) is 119 Å². The number of aryl methyl sites for hydroxylation is 2. The second kappa shape index (κ2) is 12.8. The average molecular weight is 552 g/mol. The minimum absolute atomic E-state index is 0.0219. The zero-order valence-corrected chi connectivity index (χ0v) is 23.0. The number of amides is 2. The molecule has 3 aromatic carbocycles. The Morgan fingerprint density at radius 2 is 1.68 bits per heavy atom. The molecule has 7 heteroatoms. The van der Waals surface area contributed by atoms with E-state index in [9.17, 15) is 19.5 Å². The number of benzene rings is 3. The Bertz CT molecular complexity index is 1510. The molecule has 2 amide bonds. The number of imide groups is 1. The van der Waals surface area contributed by atoms with E-state index in [1.54, 1.807) is 6.07 Å². The Kier molecular flexibility index (Phi) is 8.75. The third-order valence-corrected chi connectivity index (χ3v) is 7.38. The minimum Gasteiger partial charge on any atom is -0.457 e. The lowest BCUT2D eigenvalue weighted by Gasteiger charge is -2.24. The maximum atomic E-state index is 14.2. The molecule has 5 rings (SSSR count). The van der Waals surface area contributed by atoms with Crippen LogP contribution in [0.3, 0.4) is 0 Å². The van der Waals surface area contributed by atoms with Crippen LogP contribution in [-0.2, 0) is 22.4 Å². The van der Waals surface area contributed by atoms with E-state index in [1.165, 1.54) is 0 Å². The van der Waals surface area contributed by atoms with Crippen LogP contribution < -0.4 is 0 Å². The second-order valence-corrected chi connectivity index (χ2v) is 10.3. The van der Waals surface area contributed by atoms with Crippen LogP contribution in [0.1, 0.15) is 51.9 Å². The van der Waals surface area contributed by atoms with E-state index in [-0.39, 0.29) is 25.4 Å². The number of unbranched alkanes of at least 4 members (excludes halogenated alkanes) is 1. The van der Waals surface area contributed by atoms with Gasteiger partial charge in [0.05, 0.1) is 0 Å². The predicted molar refractivity (Wildman–Crippen MR) is 154 cm³/mol. The standard InChI is InChI=1S/C34H33NO6/c1-23-11-10-16-26(19-23)27-21-31(41-30(27)17-8-9-18-36)32(37)28(20-24-12-4-2-5-13-24)33(38)35-29(22-40-34(35)39)25-14-6-3-7-15-25/h2-7,10-16,19,21,28-29,36H,8-9,17-18,20,22H2,1H3/t28-,29+/m0/s1. The number of carbonyl (C=O) groups is 3. The maximum Gasteiger partial charge on any atom is 0.417 e. The van der Waals surface area contributed by atoms with Crippen LogP contribution in [0, 0.1) is 12.8 Å². The topological polar surface area (TPSA) is 97.1 Å². The van der Waals surface area contributed by atoms with Crippen molar-refractivity contribution in [3.63, 3.8) is 0 Å². The van der Waals surface area contributed by atoms with Gasteiger partial charge in [-0.25, -0.2) is 9.69 Å². The van der Waals surface area contributed by atoms with Gasteiger partial charge in [-0.1, -0.05) is 90.5 Å². The highest BCUT2D eigenvalue weighted by atomic mass is 16.6. The van der Waals surface area contributed by atoms with Crippen molar-refractivity contribution in [2.75, 3.05) is 13.2 Å². The van der Waals surface area contributed by atoms with E-state index in [1.807, 2.05) is 91.9 Å². The van der Waals surface area contributed by atoms with Gasteiger partial charge in [-0.15, -0.1) is 0 Å². The molecule has 1 aliphatic rings. The zero-order valence-electron chi connectivity index (χ0n) is 23.0. The second-order valence-electron chi connectivity index (χ2n) is 10.3. The molecule has 1 aliphatic heterocycles. The molecule has 2 atom stereocenters. The number of nitrogens with zero attached hydrogens (tertiary/aromatic N) is 1. The lowest BCUT2D eigenvalue weighted by molar-refractivity contribution is -0.132. The molecule has 0 spiro atoms. The first-order valence-corrected chi connectivity index (χ1v) is 13.9. The van der Waals surface area contributed by atoms with Crippen molar-refractivity contribution in [1.29, 1.82) is 0 Å². The van der Waals surface area contributed by atoms with Crippen LogP contribution in [0.4, 0.5) is 4.79 Å². The molecular weight excluding hydrogens is 518 g/mol. The number of cyclic esters (lactones) is 1. The van der Waals surface area contributed by atoms with Crippen LogP contribution in [-0.4, -0.2) is 41.0 Å². The Hall–Kier alpha value is -4.49. The number of hydrogen-bond acceptors (Lipinski definition) is 6. The van der Waals surface area contributed by atoms with Gasteiger partial charge < -0.3 is 14.3 Å². The van der Waals surface area contributed by atoms with E-state index < -0.39 is 29.7 Å². The van der Waals surface area contributed by atoms with Gasteiger partial charge in [-0.05, 0) is 48.9 Å². The number of ketones is 1. The van der Waals surface area contributed by atoms with Gasteiger partial charge in [-0.2, -0.15) is 0 Å². The Labute approximate surface area is 239 Å². The fourth-order valence-corrected chi connectivity index (χ4v) is 5.26. The van der Waals surface area contributed by atoms with E-state index in [2.05, 4.69) is 0 Å². The summed E-state index contributed by atoms with van der Waals surface area (Å²) in [5.41, 5.74) is 4.29. The van der Waals surface area contributed by atoms with Crippen LogP contribution in [0.15, 0.2) is 95.4 Å². The molecule has 0 unspecified atom stereocenters. The molecule has 2 heterocycles. The van der Waals surface area contributed by atoms with E-state index >= 15 is 0 Å². The van der Waals surface area contributed by atoms with Gasteiger partial charge in [0.2, 0.25) is 11.7 Å². The molecule has 7 nitrogen and oxygen atoms in total. The number of hydrogen-bond donors (Lipinski definition) is 1. The summed E-state index contributed by atoms with van der Waals surface area (Å²) >= 11 is 0. The molecule has 41 heavy (non-hydrogen) atoms. The van der Waals surface area contributed by atoms with Crippen molar-refractivity contribution in [2.24, 2.45) is 5.92 Å². The van der Waals surface area contributed by atoms with Gasteiger partial charge in [0.15, 0.2) is 5.76 Å². The summed E-state index contributed by atoms with van der Waals surface area (Å²) in [4.78, 5) is 42.2. The number of Topliss-reactive ketones (excluding diaryl/α,β-unsaturated/α-hetero) is 1. The molecule has 0 bridgehead atoms. The SMILES string of the molecule is Cc1cccc(-c2cc(C(=O)[C@H](Cc3ccccc3)C(=O)N3C(=O)OC[C@@H]3c3ccccc3)oc2CCCCO)c1. The van der Waals surface area contributed by atoms with E-state index in [0.717, 1.165) is 32.7 Å². The molecule has 0 radical (unpaired) electrons. The number of ether oxygens (including phenoxy) is 1. The number of rotatable bonds is 11. The number of aliphatic hydroxyl groups excluding tert-OH is 1. The van der Waals surface area contributed by atoms with Crippen molar-refractivity contribution in [1.82, 2.24) is 4.90 Å². The third kappa shape index (κ3) is 6.31. The predicted octanol–water partition coefficient (Wildman–Crippen LogP) is 6.33. The summed E-state index contributed by atoms with van der Waals surface area (Å²) in [7, 11) is 0. The van der Waals surface area contributed by atoms with Gasteiger partial charge in [0.25, 0.3) is 0 Å². The van der Waals surface area contributed by atoms with Crippen molar-refractivity contribution < 1.29 is 28.6 Å². The first-order chi connectivity index (χ1) is 20.0. The average Bonchev–Trinajstić information content (AvgIpc) is 3.60. The summed E-state index contributed by atoms with van der Waals surface area (Å²) in [6, 6.07) is 27.4. The lowest BCUT2D eigenvalue weighted by Crippen LogP contribution is -2.42. The highest BCUT2D eigenvalue weighted by Gasteiger charge is 2.44. The van der Waals surface area contributed by atoms with Crippen LogP contribution >= 0.6 is 0 Å². The van der Waals surface area contributed by atoms with Crippen LogP contribution in [0.5, 0.6) is 0 Å². The molecule has 1 saturated heterocycles. The number of carbonyl (C=O) groups excluding carboxylic acids is 3. The molecule has 210 valence electrons. The van der Waals surface area contributed by atoms with Gasteiger partial charge in [-0.3, -0.25) is 9.59 Å². The van der Waals surface area contributed by atoms with Crippen molar-refractivity contribution in [2.45, 2.75) is 38.6 Å². The van der Waals surface area contributed by atoms with Crippen LogP contribution in [0.2, 0.25) is 0 Å². The summed E-state index contributed by atoms with van der Waals surface area (Å²) < 4.78 is 11.5. The molecule has 1 fully saturated rings. The highest BCUT2D eigenvalue weighted by Crippen LogP contribution is 2.34. The Morgan fingerprint density at radius 1 is 0.951 bits per heavy atom. The molecular formula is C34H33NO6. The van der Waals surface area contributed by atoms with E-state index in [4.69, 9.17) is 9.15 Å². The maximum absolute atomic E-state index is 14.2. The third-order valence-electron chi connectivity index (χ3n) is 7.38. The largest absolute Gasteiger partial charge is 0.457 e. The monoisotopic (exact) mass is 551 g/mol. The fourth-order valence-electron chi connectivity index (χ4n) is 5.26. The Balaban J connectivity index is 1.53. The molecule has 0 aliphatic carbocycles.